The Morgan fingerprint density at radius 1 is 1.14 bits per heavy atom. The summed E-state index contributed by atoms with van der Waals surface area (Å²) in [4.78, 5) is 11.7. The van der Waals surface area contributed by atoms with E-state index in [4.69, 9.17) is 0 Å². The number of hydrogen-bond acceptors (Lipinski definition) is 3. The molecular weight excluding hydrogens is 264 g/mol. The van der Waals surface area contributed by atoms with Crippen LogP contribution in [-0.4, -0.2) is 29.3 Å². The van der Waals surface area contributed by atoms with Crippen molar-refractivity contribution in [1.29, 1.82) is 0 Å². The molecule has 0 aromatic carbocycles. The van der Waals surface area contributed by atoms with Crippen LogP contribution in [0.2, 0.25) is 0 Å². The van der Waals surface area contributed by atoms with Crippen LogP contribution in [0.25, 0.3) is 33.5 Å². The number of nitrogens with zero attached hydrogens (tertiary/aromatic N) is 5. The van der Waals surface area contributed by atoms with Gasteiger partial charge in [-0.3, -0.25) is 4.68 Å². The molecule has 0 aliphatic heterocycles. The van der Waals surface area contributed by atoms with E-state index >= 15 is 0 Å². The average Bonchev–Trinajstić information content (AvgIpc) is 3.17. The highest BCUT2D eigenvalue weighted by atomic mass is 15.3. The van der Waals surface area contributed by atoms with Crippen LogP contribution >= 0.6 is 0 Å². The van der Waals surface area contributed by atoms with Crippen LogP contribution < -0.4 is 0 Å². The van der Waals surface area contributed by atoms with Crippen molar-refractivity contribution in [3.8, 4) is 22.5 Å². The average molecular weight is 278 g/mol. The van der Waals surface area contributed by atoms with Gasteiger partial charge in [0.15, 0.2) is 0 Å². The van der Waals surface area contributed by atoms with E-state index in [-0.39, 0.29) is 0 Å². The van der Waals surface area contributed by atoms with Crippen LogP contribution in [0.3, 0.4) is 0 Å². The lowest BCUT2D eigenvalue weighted by atomic mass is 10.0. The summed E-state index contributed by atoms with van der Waals surface area (Å²) in [5.41, 5.74) is 4.99. The van der Waals surface area contributed by atoms with E-state index in [2.05, 4.69) is 20.1 Å². The topological polar surface area (TPSA) is 64.3 Å². The SMILES string of the molecule is Cn1cc(-c2ccnc3[nH]ccc23)c(-c2cncn2C)n1. The molecule has 0 fully saturated rings. The second-order valence-electron chi connectivity index (χ2n) is 5.05. The van der Waals surface area contributed by atoms with Gasteiger partial charge in [-0.2, -0.15) is 5.10 Å². The quantitative estimate of drug-likeness (QED) is 0.612. The first-order chi connectivity index (χ1) is 10.2. The molecule has 0 saturated heterocycles. The van der Waals surface area contributed by atoms with E-state index in [0.717, 1.165) is 33.5 Å². The number of rotatable bonds is 2. The summed E-state index contributed by atoms with van der Waals surface area (Å²) in [5, 5.41) is 5.70. The highest BCUT2D eigenvalue weighted by molar-refractivity contribution is 5.96. The van der Waals surface area contributed by atoms with E-state index in [9.17, 15) is 0 Å². The molecule has 0 amide bonds. The summed E-state index contributed by atoms with van der Waals surface area (Å²) in [6, 6.07) is 4.06. The van der Waals surface area contributed by atoms with Crippen molar-refractivity contribution in [2.24, 2.45) is 14.1 Å². The highest BCUT2D eigenvalue weighted by Crippen LogP contribution is 2.34. The zero-order valence-electron chi connectivity index (χ0n) is 11.8. The number of H-pyrrole nitrogens is 1. The summed E-state index contributed by atoms with van der Waals surface area (Å²) in [5.74, 6) is 0. The maximum Gasteiger partial charge on any atom is 0.137 e. The van der Waals surface area contributed by atoms with Gasteiger partial charge in [0.05, 0.1) is 18.2 Å². The van der Waals surface area contributed by atoms with Crippen LogP contribution in [0.15, 0.2) is 43.2 Å². The van der Waals surface area contributed by atoms with Crippen LogP contribution in [0, 0.1) is 0 Å². The molecule has 104 valence electrons. The number of hydrogen-bond donors (Lipinski definition) is 1. The van der Waals surface area contributed by atoms with Crippen molar-refractivity contribution in [2.45, 2.75) is 0 Å². The Bertz CT molecular complexity index is 927. The van der Waals surface area contributed by atoms with Gasteiger partial charge in [0.1, 0.15) is 11.3 Å². The van der Waals surface area contributed by atoms with Gasteiger partial charge in [0, 0.05) is 43.6 Å². The lowest BCUT2D eigenvalue weighted by Crippen LogP contribution is -1.93. The molecule has 1 N–H and O–H groups in total. The Morgan fingerprint density at radius 2 is 2.05 bits per heavy atom. The molecule has 4 aromatic rings. The number of aromatic amines is 1. The smallest absolute Gasteiger partial charge is 0.137 e. The van der Waals surface area contributed by atoms with E-state index in [1.165, 1.54) is 0 Å². The van der Waals surface area contributed by atoms with Gasteiger partial charge in [-0.1, -0.05) is 0 Å². The van der Waals surface area contributed by atoms with E-state index in [1.807, 2.05) is 60.3 Å². The molecule has 21 heavy (non-hydrogen) atoms. The molecule has 6 heteroatoms. The Balaban J connectivity index is 2.02. The molecule has 4 heterocycles. The minimum absolute atomic E-state index is 0.882. The number of fused-ring (bicyclic) bond motifs is 1. The Labute approximate surface area is 121 Å². The summed E-state index contributed by atoms with van der Waals surface area (Å²) in [6.45, 7) is 0. The maximum absolute atomic E-state index is 4.61. The fourth-order valence-corrected chi connectivity index (χ4v) is 2.66. The van der Waals surface area contributed by atoms with E-state index in [1.54, 1.807) is 6.33 Å². The normalized spacial score (nSPS) is 11.3. The van der Waals surface area contributed by atoms with Crippen molar-refractivity contribution in [2.75, 3.05) is 0 Å². The van der Waals surface area contributed by atoms with Crippen molar-refractivity contribution >= 4 is 11.0 Å². The Hall–Kier alpha value is -2.89. The van der Waals surface area contributed by atoms with Crippen molar-refractivity contribution in [3.63, 3.8) is 0 Å². The largest absolute Gasteiger partial charge is 0.346 e. The minimum Gasteiger partial charge on any atom is -0.346 e. The van der Waals surface area contributed by atoms with Gasteiger partial charge < -0.3 is 9.55 Å². The summed E-state index contributed by atoms with van der Waals surface area (Å²) in [7, 11) is 3.90. The first-order valence-corrected chi connectivity index (χ1v) is 6.67. The van der Waals surface area contributed by atoms with Gasteiger partial charge in [-0.25, -0.2) is 9.97 Å². The Kier molecular flexibility index (Phi) is 2.44. The number of aryl methyl sites for hydroxylation is 2. The monoisotopic (exact) mass is 278 g/mol. The molecule has 0 aliphatic rings. The van der Waals surface area contributed by atoms with Crippen molar-refractivity contribution in [3.05, 3.63) is 43.2 Å². The zero-order valence-corrected chi connectivity index (χ0v) is 11.8. The van der Waals surface area contributed by atoms with Gasteiger partial charge in [-0.05, 0) is 17.7 Å². The number of aromatic nitrogens is 6. The van der Waals surface area contributed by atoms with Crippen molar-refractivity contribution < 1.29 is 0 Å². The lowest BCUT2D eigenvalue weighted by Gasteiger charge is -2.04. The minimum atomic E-state index is 0.882. The van der Waals surface area contributed by atoms with Crippen molar-refractivity contribution in [1.82, 2.24) is 29.3 Å². The molecule has 4 aromatic heterocycles. The Morgan fingerprint density at radius 3 is 2.86 bits per heavy atom. The molecule has 0 atom stereocenters. The maximum atomic E-state index is 4.61. The van der Waals surface area contributed by atoms with E-state index in [0.29, 0.717) is 0 Å². The first kappa shape index (κ1) is 11.9. The van der Waals surface area contributed by atoms with Crippen LogP contribution in [0.5, 0.6) is 0 Å². The summed E-state index contributed by atoms with van der Waals surface area (Å²) >= 11 is 0. The van der Waals surface area contributed by atoms with Gasteiger partial charge in [-0.15, -0.1) is 0 Å². The third-order valence-electron chi connectivity index (χ3n) is 3.64. The number of imidazole rings is 1. The molecule has 0 aliphatic carbocycles. The molecule has 0 spiro atoms. The van der Waals surface area contributed by atoms with Crippen LogP contribution in [0.1, 0.15) is 0 Å². The predicted octanol–water partition coefficient (Wildman–Crippen LogP) is 2.36. The fraction of sp³-hybridized carbons (Fsp3) is 0.133. The standard InChI is InChI=1S/C15H14N6/c1-20-9-16-7-13(20)14-12(8-21(2)19-14)10-3-5-17-15-11(10)4-6-18-15/h3-9H,1-2H3,(H,17,18). The molecule has 4 rings (SSSR count). The number of nitrogens with one attached hydrogen (secondary N) is 1. The van der Waals surface area contributed by atoms with Crippen LogP contribution in [-0.2, 0) is 14.1 Å². The number of pyridine rings is 1. The van der Waals surface area contributed by atoms with E-state index < -0.39 is 0 Å². The molecule has 0 saturated carbocycles. The molecule has 6 nitrogen and oxygen atoms in total. The highest BCUT2D eigenvalue weighted by Gasteiger charge is 2.17. The van der Waals surface area contributed by atoms with Crippen LogP contribution in [0.4, 0.5) is 0 Å². The molecule has 0 bridgehead atoms. The molecule has 0 unspecified atom stereocenters. The van der Waals surface area contributed by atoms with Gasteiger partial charge in [0.25, 0.3) is 0 Å². The second-order valence-corrected chi connectivity index (χ2v) is 5.05. The third-order valence-corrected chi connectivity index (χ3v) is 3.64. The van der Waals surface area contributed by atoms with Gasteiger partial charge in [0.2, 0.25) is 0 Å². The molecule has 0 radical (unpaired) electrons. The van der Waals surface area contributed by atoms with Gasteiger partial charge >= 0.3 is 0 Å². The predicted molar refractivity (Wildman–Crippen MR) is 80.5 cm³/mol. The summed E-state index contributed by atoms with van der Waals surface area (Å²) in [6.07, 6.45) is 9.37. The third kappa shape index (κ3) is 1.76. The lowest BCUT2D eigenvalue weighted by molar-refractivity contribution is 0.767. The summed E-state index contributed by atoms with van der Waals surface area (Å²) < 4.78 is 3.80. The fourth-order valence-electron chi connectivity index (χ4n) is 2.66. The second kappa shape index (κ2) is 4.31. The first-order valence-electron chi connectivity index (χ1n) is 6.67. The zero-order chi connectivity index (χ0) is 14.4. The molecular formula is C15H14N6.